The van der Waals surface area contributed by atoms with Crippen LogP contribution in [0.3, 0.4) is 0 Å². The Morgan fingerprint density at radius 1 is 0.636 bits per heavy atom. The maximum absolute atomic E-state index is 11.8. The number of carbonyl (C=O) groups is 4. The van der Waals surface area contributed by atoms with Crippen LogP contribution in [0.4, 0.5) is 0 Å². The van der Waals surface area contributed by atoms with Gasteiger partial charge in [0.2, 0.25) is 11.8 Å². The molecule has 0 unspecified atom stereocenters. The van der Waals surface area contributed by atoms with Gasteiger partial charge in [-0.3, -0.25) is 24.1 Å². The van der Waals surface area contributed by atoms with Gasteiger partial charge in [-0.25, -0.2) is 0 Å². The standard InChI is InChI=1S/C26H45N3O4/c1-2-3-4-5-6-7-8-9-10-11-12-13-14-15-16-17-23(30)27-22-28-24(31)20-21-29-25(32)18-19-26(29)33/h18-19H,2-17,20-22H2,1H3,(H,27,30)(H,28,31). The van der Waals surface area contributed by atoms with Crippen LogP contribution in [-0.4, -0.2) is 41.7 Å². The summed E-state index contributed by atoms with van der Waals surface area (Å²) in [4.78, 5) is 47.5. The Hall–Kier alpha value is -2.18. The van der Waals surface area contributed by atoms with Crippen molar-refractivity contribution in [2.24, 2.45) is 0 Å². The summed E-state index contributed by atoms with van der Waals surface area (Å²) in [7, 11) is 0. The third-order valence-corrected chi connectivity index (χ3v) is 6.04. The number of nitrogens with one attached hydrogen (secondary N) is 2. The van der Waals surface area contributed by atoms with E-state index in [1.165, 1.54) is 95.6 Å². The zero-order chi connectivity index (χ0) is 24.2. The number of carbonyl (C=O) groups excluding carboxylic acids is 4. The van der Waals surface area contributed by atoms with Gasteiger partial charge in [-0.2, -0.15) is 0 Å². The maximum atomic E-state index is 11.8. The topological polar surface area (TPSA) is 95.6 Å². The fourth-order valence-corrected chi connectivity index (χ4v) is 3.94. The molecule has 188 valence electrons. The van der Waals surface area contributed by atoms with E-state index >= 15 is 0 Å². The molecule has 7 nitrogen and oxygen atoms in total. The van der Waals surface area contributed by atoms with Crippen LogP contribution in [0.25, 0.3) is 0 Å². The first-order chi connectivity index (χ1) is 16.0. The van der Waals surface area contributed by atoms with Crippen LogP contribution in [0.15, 0.2) is 12.2 Å². The molecule has 0 atom stereocenters. The van der Waals surface area contributed by atoms with Gasteiger partial charge in [0.15, 0.2) is 0 Å². The van der Waals surface area contributed by atoms with Gasteiger partial charge < -0.3 is 10.6 Å². The first kappa shape index (κ1) is 28.9. The number of hydrogen-bond acceptors (Lipinski definition) is 4. The van der Waals surface area contributed by atoms with Gasteiger partial charge in [0.25, 0.3) is 11.8 Å². The van der Waals surface area contributed by atoms with Crippen LogP contribution in [-0.2, 0) is 19.2 Å². The predicted octanol–water partition coefficient (Wildman–Crippen LogP) is 4.75. The summed E-state index contributed by atoms with van der Waals surface area (Å²) < 4.78 is 0. The molecule has 0 aromatic carbocycles. The first-order valence-electron chi connectivity index (χ1n) is 13.1. The second-order valence-corrected chi connectivity index (χ2v) is 8.99. The van der Waals surface area contributed by atoms with Crippen LogP contribution in [0, 0.1) is 0 Å². The minimum atomic E-state index is -0.399. The lowest BCUT2D eigenvalue weighted by atomic mass is 10.0. The molecule has 0 aromatic rings. The van der Waals surface area contributed by atoms with Gasteiger partial charge in [0, 0.05) is 31.5 Å². The van der Waals surface area contributed by atoms with Gasteiger partial charge in [-0.05, 0) is 6.42 Å². The Bertz CT molecular complexity index is 601. The lowest BCUT2D eigenvalue weighted by molar-refractivity contribution is -0.137. The van der Waals surface area contributed by atoms with Crippen molar-refractivity contribution in [1.29, 1.82) is 0 Å². The fourth-order valence-electron chi connectivity index (χ4n) is 3.94. The molecule has 1 aliphatic heterocycles. The molecule has 1 aliphatic rings. The third-order valence-electron chi connectivity index (χ3n) is 6.04. The molecule has 0 fully saturated rings. The van der Waals surface area contributed by atoms with Gasteiger partial charge in [-0.15, -0.1) is 0 Å². The molecule has 0 aliphatic carbocycles. The molecule has 7 heteroatoms. The van der Waals surface area contributed by atoms with Crippen LogP contribution in [0.5, 0.6) is 0 Å². The van der Waals surface area contributed by atoms with E-state index in [4.69, 9.17) is 0 Å². The molecule has 0 spiro atoms. The number of amides is 4. The SMILES string of the molecule is CCCCCCCCCCCCCCCCCC(=O)NCNC(=O)CCN1C(=O)C=CC1=O. The van der Waals surface area contributed by atoms with Crippen molar-refractivity contribution in [1.82, 2.24) is 15.5 Å². The molecule has 4 amide bonds. The van der Waals surface area contributed by atoms with Crippen molar-refractivity contribution in [3.8, 4) is 0 Å². The molecular formula is C26H45N3O4. The van der Waals surface area contributed by atoms with Crippen molar-refractivity contribution < 1.29 is 19.2 Å². The van der Waals surface area contributed by atoms with Gasteiger partial charge in [0.05, 0.1) is 6.67 Å². The van der Waals surface area contributed by atoms with Crippen molar-refractivity contribution in [3.63, 3.8) is 0 Å². The van der Waals surface area contributed by atoms with Gasteiger partial charge in [0.1, 0.15) is 0 Å². The highest BCUT2D eigenvalue weighted by atomic mass is 16.2. The van der Waals surface area contributed by atoms with Crippen molar-refractivity contribution in [2.45, 2.75) is 116 Å². The normalized spacial score (nSPS) is 13.1. The molecule has 2 N–H and O–H groups in total. The zero-order valence-corrected chi connectivity index (χ0v) is 20.7. The minimum absolute atomic E-state index is 0.0219. The zero-order valence-electron chi connectivity index (χ0n) is 20.7. The van der Waals surface area contributed by atoms with Gasteiger partial charge in [-0.1, -0.05) is 96.8 Å². The number of unbranched alkanes of at least 4 members (excludes halogenated alkanes) is 14. The second-order valence-electron chi connectivity index (χ2n) is 8.99. The largest absolute Gasteiger partial charge is 0.339 e. The van der Waals surface area contributed by atoms with E-state index in [9.17, 15) is 19.2 Å². The lowest BCUT2D eigenvalue weighted by Crippen LogP contribution is -2.39. The summed E-state index contributed by atoms with van der Waals surface area (Å²) in [5, 5.41) is 5.26. The molecule has 0 saturated heterocycles. The third kappa shape index (κ3) is 15.3. The molecule has 1 heterocycles. The fraction of sp³-hybridized carbons (Fsp3) is 0.769. The Kier molecular flexibility index (Phi) is 16.9. The summed E-state index contributed by atoms with van der Waals surface area (Å²) in [5.74, 6) is -1.18. The molecule has 0 saturated carbocycles. The first-order valence-corrected chi connectivity index (χ1v) is 13.1. The second kappa shape index (κ2) is 19.3. The Balaban J connectivity index is 1.82. The Labute approximate surface area is 200 Å². The maximum Gasteiger partial charge on any atom is 0.253 e. The Morgan fingerprint density at radius 2 is 1.03 bits per heavy atom. The average Bonchev–Trinajstić information content (AvgIpc) is 3.12. The quantitative estimate of drug-likeness (QED) is 0.146. The lowest BCUT2D eigenvalue weighted by Gasteiger charge is -2.13. The van der Waals surface area contributed by atoms with E-state index in [1.54, 1.807) is 0 Å². The molecular weight excluding hydrogens is 418 g/mol. The number of rotatable bonds is 21. The summed E-state index contributed by atoms with van der Waals surface area (Å²) in [6.07, 6.45) is 22.3. The van der Waals surface area contributed by atoms with E-state index < -0.39 is 11.8 Å². The molecule has 0 aromatic heterocycles. The molecule has 1 rings (SSSR count). The highest BCUT2D eigenvalue weighted by Gasteiger charge is 2.23. The monoisotopic (exact) mass is 463 g/mol. The van der Waals surface area contributed by atoms with E-state index in [2.05, 4.69) is 17.6 Å². The predicted molar refractivity (Wildman–Crippen MR) is 131 cm³/mol. The summed E-state index contributed by atoms with van der Waals surface area (Å²) in [6.45, 7) is 2.37. The summed E-state index contributed by atoms with van der Waals surface area (Å²) >= 11 is 0. The van der Waals surface area contributed by atoms with Crippen molar-refractivity contribution >= 4 is 23.6 Å². The van der Waals surface area contributed by atoms with Crippen molar-refractivity contribution in [3.05, 3.63) is 12.2 Å². The van der Waals surface area contributed by atoms with E-state index in [0.717, 1.165) is 17.7 Å². The van der Waals surface area contributed by atoms with Crippen LogP contribution in [0.1, 0.15) is 116 Å². The van der Waals surface area contributed by atoms with E-state index in [-0.39, 0.29) is 31.4 Å². The van der Waals surface area contributed by atoms with E-state index in [0.29, 0.717) is 6.42 Å². The summed E-state index contributed by atoms with van der Waals surface area (Å²) in [5.41, 5.74) is 0. The number of nitrogens with zero attached hydrogens (tertiary/aromatic N) is 1. The summed E-state index contributed by atoms with van der Waals surface area (Å²) in [6, 6.07) is 0. The van der Waals surface area contributed by atoms with Crippen molar-refractivity contribution in [2.75, 3.05) is 13.2 Å². The van der Waals surface area contributed by atoms with Crippen LogP contribution < -0.4 is 10.6 Å². The highest BCUT2D eigenvalue weighted by Crippen LogP contribution is 2.13. The van der Waals surface area contributed by atoms with E-state index in [1.807, 2.05) is 0 Å². The van der Waals surface area contributed by atoms with Crippen LogP contribution in [0.2, 0.25) is 0 Å². The van der Waals surface area contributed by atoms with Gasteiger partial charge >= 0.3 is 0 Å². The molecule has 0 radical (unpaired) electrons. The number of imide groups is 1. The smallest absolute Gasteiger partial charge is 0.253 e. The Morgan fingerprint density at radius 3 is 1.48 bits per heavy atom. The highest BCUT2D eigenvalue weighted by molar-refractivity contribution is 6.13. The minimum Gasteiger partial charge on any atom is -0.339 e. The molecule has 33 heavy (non-hydrogen) atoms. The average molecular weight is 464 g/mol. The van der Waals surface area contributed by atoms with Crippen LogP contribution >= 0.6 is 0 Å². The molecule has 0 bridgehead atoms. The number of hydrogen-bond donors (Lipinski definition) is 2.